The largest absolute Gasteiger partial charge is 0.368 e. The van der Waals surface area contributed by atoms with E-state index in [-0.39, 0.29) is 5.91 Å². The van der Waals surface area contributed by atoms with Crippen molar-refractivity contribution >= 4 is 17.2 Å². The van der Waals surface area contributed by atoms with Crippen molar-refractivity contribution < 1.29 is 4.79 Å². The molecule has 0 spiro atoms. The van der Waals surface area contributed by atoms with Crippen LogP contribution in [0.2, 0.25) is 0 Å². The molecule has 2 aromatic heterocycles. The van der Waals surface area contributed by atoms with E-state index in [4.69, 9.17) is 0 Å². The van der Waals surface area contributed by atoms with Crippen molar-refractivity contribution in [2.24, 2.45) is 0 Å². The second kappa shape index (κ2) is 5.73. The molecule has 2 aromatic rings. The lowest BCUT2D eigenvalue weighted by atomic mass is 10.3. The zero-order valence-corrected chi connectivity index (χ0v) is 12.5. The van der Waals surface area contributed by atoms with E-state index < -0.39 is 0 Å². The molecule has 1 N–H and O–H groups in total. The molecule has 6 heteroatoms. The van der Waals surface area contributed by atoms with Gasteiger partial charge in [0.05, 0.1) is 17.8 Å². The van der Waals surface area contributed by atoms with Crippen LogP contribution in [0, 0.1) is 0 Å². The Morgan fingerprint density at radius 2 is 2.05 bits per heavy atom. The summed E-state index contributed by atoms with van der Waals surface area (Å²) in [4.78, 5) is 20.2. The van der Waals surface area contributed by atoms with Gasteiger partial charge in [-0.25, -0.2) is 4.98 Å². The van der Waals surface area contributed by atoms with E-state index in [0.717, 1.165) is 37.5 Å². The first kappa shape index (κ1) is 13.9. The van der Waals surface area contributed by atoms with Gasteiger partial charge in [-0.15, -0.1) is 0 Å². The Balaban J connectivity index is 1.82. The topological polar surface area (TPSA) is 52.9 Å². The summed E-state index contributed by atoms with van der Waals surface area (Å²) >= 11 is 0. The summed E-state index contributed by atoms with van der Waals surface area (Å²) in [6.45, 7) is 4.08. The number of anilines is 1. The summed E-state index contributed by atoms with van der Waals surface area (Å²) in [5, 5.41) is 3.35. The summed E-state index contributed by atoms with van der Waals surface area (Å²) in [5.41, 5.74) is 2.90. The Bertz CT molecular complexity index is 643. The highest BCUT2D eigenvalue weighted by molar-refractivity contribution is 5.78. The lowest BCUT2D eigenvalue weighted by molar-refractivity contribution is -0.128. The van der Waals surface area contributed by atoms with Crippen molar-refractivity contribution in [2.45, 2.75) is 6.42 Å². The van der Waals surface area contributed by atoms with E-state index in [0.29, 0.717) is 6.42 Å². The molecule has 0 radical (unpaired) electrons. The van der Waals surface area contributed by atoms with Crippen LogP contribution in [0.15, 0.2) is 24.5 Å². The molecule has 1 fully saturated rings. The van der Waals surface area contributed by atoms with E-state index in [9.17, 15) is 4.79 Å². The summed E-state index contributed by atoms with van der Waals surface area (Å²) in [7, 11) is 3.53. The van der Waals surface area contributed by atoms with Gasteiger partial charge in [-0.2, -0.15) is 0 Å². The fraction of sp³-hybridized carbons (Fsp3) is 0.467. The van der Waals surface area contributed by atoms with Crippen LogP contribution in [-0.4, -0.2) is 60.5 Å². The fourth-order valence-corrected chi connectivity index (χ4v) is 2.54. The fourth-order valence-electron chi connectivity index (χ4n) is 2.54. The van der Waals surface area contributed by atoms with E-state index in [1.807, 2.05) is 16.7 Å². The Kier molecular flexibility index (Phi) is 3.79. The Morgan fingerprint density at radius 1 is 1.29 bits per heavy atom. The minimum Gasteiger partial charge on any atom is -0.368 e. The van der Waals surface area contributed by atoms with E-state index in [1.165, 1.54) is 5.69 Å². The van der Waals surface area contributed by atoms with Crippen LogP contribution < -0.4 is 10.2 Å². The highest BCUT2D eigenvalue weighted by atomic mass is 16.2. The molecule has 1 aliphatic rings. The minimum absolute atomic E-state index is 0.0701. The normalized spacial score (nSPS) is 15.4. The molecule has 1 aliphatic heterocycles. The van der Waals surface area contributed by atoms with Gasteiger partial charge in [0.1, 0.15) is 5.65 Å². The molecule has 0 aromatic carbocycles. The molecule has 0 atom stereocenters. The third-order valence-electron chi connectivity index (χ3n) is 3.80. The average Bonchev–Trinajstić information content (AvgIpc) is 2.89. The number of fused-ring (bicyclic) bond motifs is 1. The van der Waals surface area contributed by atoms with Gasteiger partial charge in [-0.1, -0.05) is 0 Å². The molecule has 0 bridgehead atoms. The van der Waals surface area contributed by atoms with Gasteiger partial charge in [0.2, 0.25) is 5.91 Å². The number of nitrogens with zero attached hydrogens (tertiary/aromatic N) is 4. The minimum atomic E-state index is 0.0701. The lowest BCUT2D eigenvalue weighted by Gasteiger charge is -2.29. The molecule has 3 heterocycles. The van der Waals surface area contributed by atoms with Crippen LogP contribution in [-0.2, 0) is 11.2 Å². The summed E-state index contributed by atoms with van der Waals surface area (Å²) in [5.74, 6) is 0.0701. The molecule has 0 unspecified atom stereocenters. The number of imidazole rings is 1. The number of carbonyl (C=O) groups excluding carboxylic acids is 1. The van der Waals surface area contributed by atoms with Gasteiger partial charge >= 0.3 is 0 Å². The van der Waals surface area contributed by atoms with Crippen LogP contribution in [0.1, 0.15) is 5.69 Å². The second-order valence-electron chi connectivity index (χ2n) is 5.59. The number of rotatable bonds is 3. The first-order chi connectivity index (χ1) is 10.1. The van der Waals surface area contributed by atoms with Gasteiger partial charge < -0.3 is 19.5 Å². The van der Waals surface area contributed by atoms with Gasteiger partial charge in [0.25, 0.3) is 0 Å². The first-order valence-corrected chi connectivity index (χ1v) is 7.27. The van der Waals surface area contributed by atoms with Crippen molar-refractivity contribution in [3.05, 3.63) is 30.2 Å². The molecular weight excluding hydrogens is 266 g/mol. The van der Waals surface area contributed by atoms with Crippen LogP contribution in [0.4, 0.5) is 5.69 Å². The summed E-state index contributed by atoms with van der Waals surface area (Å²) in [6, 6.07) is 4.12. The second-order valence-corrected chi connectivity index (χ2v) is 5.59. The molecule has 1 saturated heterocycles. The molecule has 0 aliphatic carbocycles. The smallest absolute Gasteiger partial charge is 0.228 e. The summed E-state index contributed by atoms with van der Waals surface area (Å²) < 4.78 is 2.01. The highest BCUT2D eigenvalue weighted by Gasteiger charge is 2.13. The molecule has 112 valence electrons. The van der Waals surface area contributed by atoms with Gasteiger partial charge in [0.15, 0.2) is 0 Å². The SMILES string of the molecule is CN(C)C(=O)Cc1cn2cc(N3CCNCC3)ccc2n1. The number of piperazine rings is 1. The van der Waals surface area contributed by atoms with Crippen molar-refractivity contribution in [2.75, 3.05) is 45.2 Å². The number of likely N-dealkylation sites (N-methyl/N-ethyl adjacent to an activating group) is 1. The molecule has 0 saturated carbocycles. The number of amides is 1. The third-order valence-corrected chi connectivity index (χ3v) is 3.80. The van der Waals surface area contributed by atoms with E-state index >= 15 is 0 Å². The van der Waals surface area contributed by atoms with Crippen molar-refractivity contribution in [3.63, 3.8) is 0 Å². The molecule has 21 heavy (non-hydrogen) atoms. The van der Waals surface area contributed by atoms with Crippen molar-refractivity contribution in [1.29, 1.82) is 0 Å². The Labute approximate surface area is 124 Å². The number of hydrogen-bond acceptors (Lipinski definition) is 4. The quantitative estimate of drug-likeness (QED) is 0.886. The van der Waals surface area contributed by atoms with Crippen molar-refractivity contribution in [3.8, 4) is 0 Å². The molecule has 6 nitrogen and oxygen atoms in total. The molecular formula is C15H21N5O. The molecule has 3 rings (SSSR count). The Morgan fingerprint density at radius 3 is 2.76 bits per heavy atom. The van der Waals surface area contributed by atoms with Crippen LogP contribution in [0.3, 0.4) is 0 Å². The average molecular weight is 287 g/mol. The standard InChI is InChI=1S/C15H21N5O/c1-18(2)15(21)9-12-10-20-11-13(3-4-14(20)17-12)19-7-5-16-6-8-19/h3-4,10-11,16H,5-9H2,1-2H3. The maximum atomic E-state index is 11.8. The van der Waals surface area contributed by atoms with Crippen molar-refractivity contribution in [1.82, 2.24) is 19.6 Å². The summed E-state index contributed by atoms with van der Waals surface area (Å²) in [6.07, 6.45) is 4.39. The van der Waals surface area contributed by atoms with E-state index in [1.54, 1.807) is 19.0 Å². The third kappa shape index (κ3) is 3.00. The van der Waals surface area contributed by atoms with Crippen LogP contribution >= 0.6 is 0 Å². The highest BCUT2D eigenvalue weighted by Crippen LogP contribution is 2.17. The zero-order valence-electron chi connectivity index (χ0n) is 12.5. The number of nitrogens with one attached hydrogen (secondary N) is 1. The van der Waals surface area contributed by atoms with Gasteiger partial charge in [-0.05, 0) is 12.1 Å². The lowest BCUT2D eigenvalue weighted by Crippen LogP contribution is -2.43. The number of carbonyl (C=O) groups is 1. The Hall–Kier alpha value is -2.08. The molecule has 1 amide bonds. The van der Waals surface area contributed by atoms with Gasteiger partial charge in [0, 0.05) is 52.7 Å². The number of aromatic nitrogens is 2. The van der Waals surface area contributed by atoms with E-state index in [2.05, 4.69) is 27.5 Å². The maximum absolute atomic E-state index is 11.8. The maximum Gasteiger partial charge on any atom is 0.228 e. The first-order valence-electron chi connectivity index (χ1n) is 7.27. The van der Waals surface area contributed by atoms with Crippen LogP contribution in [0.5, 0.6) is 0 Å². The van der Waals surface area contributed by atoms with Gasteiger partial charge in [-0.3, -0.25) is 4.79 Å². The number of hydrogen-bond donors (Lipinski definition) is 1. The van der Waals surface area contributed by atoms with Crippen LogP contribution in [0.25, 0.3) is 5.65 Å². The number of pyridine rings is 1. The monoisotopic (exact) mass is 287 g/mol. The predicted octanol–water partition coefficient (Wildman–Crippen LogP) is 0.375. The zero-order chi connectivity index (χ0) is 14.8. The predicted molar refractivity (Wildman–Crippen MR) is 82.7 cm³/mol.